The second kappa shape index (κ2) is 7.05. The molecule has 122 valence electrons. The molecule has 4 heteroatoms. The fourth-order valence-electron chi connectivity index (χ4n) is 2.77. The number of nitrogens with zero attached hydrogens (tertiary/aromatic N) is 2. The number of benzene rings is 2. The minimum atomic E-state index is 0.0141. The number of carbonyl (C=O) groups is 1. The molecule has 1 amide bonds. The molecule has 0 spiro atoms. The standard InChI is InChI=1S/C20H20N2OS/c1-14(2)22(13-15-7-4-3-5-8-15)20(23)17-10-11-18(24)19-16(17)9-6-12-21-19/h3-12,14,24H,13H2,1-2H3. The molecular weight excluding hydrogens is 316 g/mol. The molecule has 3 nitrogen and oxygen atoms in total. The van der Waals surface area contributed by atoms with Crippen molar-refractivity contribution in [2.45, 2.75) is 31.3 Å². The SMILES string of the molecule is CC(C)N(Cc1ccccc1)C(=O)c1ccc(S)c2ncccc12. The average molecular weight is 336 g/mol. The normalized spacial score (nSPS) is 11.0. The Balaban J connectivity index is 2.01. The lowest BCUT2D eigenvalue weighted by atomic mass is 10.1. The third kappa shape index (κ3) is 3.29. The van der Waals surface area contributed by atoms with E-state index >= 15 is 0 Å². The fraction of sp³-hybridized carbons (Fsp3) is 0.200. The predicted octanol–water partition coefficient (Wildman–Crippen LogP) is 4.57. The van der Waals surface area contributed by atoms with Gasteiger partial charge in [0.1, 0.15) is 0 Å². The van der Waals surface area contributed by atoms with E-state index in [1.54, 1.807) is 6.20 Å². The van der Waals surface area contributed by atoms with Crippen molar-refractivity contribution in [2.24, 2.45) is 0 Å². The molecule has 0 saturated heterocycles. The first-order chi connectivity index (χ1) is 11.6. The second-order valence-corrected chi connectivity index (χ2v) is 6.53. The molecule has 0 N–H and O–H groups in total. The topological polar surface area (TPSA) is 33.2 Å². The monoisotopic (exact) mass is 336 g/mol. The van der Waals surface area contributed by atoms with E-state index in [0.717, 1.165) is 21.4 Å². The first-order valence-electron chi connectivity index (χ1n) is 7.99. The molecule has 3 aromatic rings. The molecule has 0 radical (unpaired) electrons. The Morgan fingerprint density at radius 1 is 1.08 bits per heavy atom. The highest BCUT2D eigenvalue weighted by atomic mass is 32.1. The molecule has 0 aliphatic carbocycles. The van der Waals surface area contributed by atoms with E-state index in [1.807, 2.05) is 73.3 Å². The molecule has 24 heavy (non-hydrogen) atoms. The minimum Gasteiger partial charge on any atom is -0.332 e. The number of fused-ring (bicyclic) bond motifs is 1. The number of hydrogen-bond donors (Lipinski definition) is 1. The molecule has 1 heterocycles. The van der Waals surface area contributed by atoms with Crippen LogP contribution in [0.4, 0.5) is 0 Å². The van der Waals surface area contributed by atoms with Crippen LogP contribution in [0, 0.1) is 0 Å². The van der Waals surface area contributed by atoms with E-state index in [4.69, 9.17) is 0 Å². The van der Waals surface area contributed by atoms with Gasteiger partial charge in [0.25, 0.3) is 5.91 Å². The molecule has 0 aliphatic heterocycles. The van der Waals surface area contributed by atoms with Crippen LogP contribution in [0.3, 0.4) is 0 Å². The van der Waals surface area contributed by atoms with E-state index in [2.05, 4.69) is 17.6 Å². The third-order valence-electron chi connectivity index (χ3n) is 4.06. The number of rotatable bonds is 4. The van der Waals surface area contributed by atoms with Crippen molar-refractivity contribution in [3.63, 3.8) is 0 Å². The van der Waals surface area contributed by atoms with Crippen LogP contribution in [0.15, 0.2) is 65.7 Å². The van der Waals surface area contributed by atoms with Gasteiger partial charge in [0.05, 0.1) is 5.52 Å². The van der Waals surface area contributed by atoms with Gasteiger partial charge in [-0.2, -0.15) is 0 Å². The molecule has 2 aromatic carbocycles. The van der Waals surface area contributed by atoms with Crippen molar-refractivity contribution in [3.05, 3.63) is 71.9 Å². The average Bonchev–Trinajstić information content (AvgIpc) is 2.60. The summed E-state index contributed by atoms with van der Waals surface area (Å²) in [5.41, 5.74) is 2.54. The van der Waals surface area contributed by atoms with Gasteiger partial charge in [-0.3, -0.25) is 9.78 Å². The van der Waals surface area contributed by atoms with Gasteiger partial charge in [-0.1, -0.05) is 36.4 Å². The molecular formula is C20H20N2OS. The third-order valence-corrected chi connectivity index (χ3v) is 4.42. The van der Waals surface area contributed by atoms with Gasteiger partial charge >= 0.3 is 0 Å². The molecule has 0 saturated carbocycles. The quantitative estimate of drug-likeness (QED) is 0.708. The first kappa shape index (κ1) is 16.5. The summed E-state index contributed by atoms with van der Waals surface area (Å²) >= 11 is 4.45. The molecule has 0 fully saturated rings. The second-order valence-electron chi connectivity index (χ2n) is 6.04. The smallest absolute Gasteiger partial charge is 0.255 e. The number of aromatic nitrogens is 1. The summed E-state index contributed by atoms with van der Waals surface area (Å²) < 4.78 is 0. The van der Waals surface area contributed by atoms with Crippen molar-refractivity contribution in [2.75, 3.05) is 0 Å². The van der Waals surface area contributed by atoms with Gasteiger partial charge < -0.3 is 4.90 Å². The Morgan fingerprint density at radius 3 is 2.54 bits per heavy atom. The lowest BCUT2D eigenvalue weighted by Gasteiger charge is -2.27. The van der Waals surface area contributed by atoms with Gasteiger partial charge in [-0.15, -0.1) is 12.6 Å². The van der Waals surface area contributed by atoms with Crippen LogP contribution in [0.5, 0.6) is 0 Å². The minimum absolute atomic E-state index is 0.0141. The first-order valence-corrected chi connectivity index (χ1v) is 8.44. The van der Waals surface area contributed by atoms with Crippen molar-refractivity contribution in [3.8, 4) is 0 Å². The summed E-state index contributed by atoms with van der Waals surface area (Å²) in [5.74, 6) is 0.0141. The van der Waals surface area contributed by atoms with E-state index < -0.39 is 0 Å². The maximum absolute atomic E-state index is 13.2. The van der Waals surface area contributed by atoms with E-state index in [9.17, 15) is 4.79 Å². The van der Waals surface area contributed by atoms with Crippen LogP contribution >= 0.6 is 12.6 Å². The van der Waals surface area contributed by atoms with Gasteiger partial charge in [0, 0.05) is 34.6 Å². The fourth-order valence-corrected chi connectivity index (χ4v) is 3.02. The number of pyridine rings is 1. The Morgan fingerprint density at radius 2 is 1.83 bits per heavy atom. The lowest BCUT2D eigenvalue weighted by molar-refractivity contribution is 0.0692. The van der Waals surface area contributed by atoms with E-state index in [0.29, 0.717) is 12.1 Å². The van der Waals surface area contributed by atoms with Crippen LogP contribution < -0.4 is 0 Å². The van der Waals surface area contributed by atoms with Crippen LogP contribution in [-0.4, -0.2) is 21.8 Å². The Hall–Kier alpha value is -2.33. The predicted molar refractivity (Wildman–Crippen MR) is 100 cm³/mol. The molecule has 1 aromatic heterocycles. The van der Waals surface area contributed by atoms with Crippen LogP contribution in [0.2, 0.25) is 0 Å². The summed E-state index contributed by atoms with van der Waals surface area (Å²) in [6.07, 6.45) is 1.72. The largest absolute Gasteiger partial charge is 0.332 e. The summed E-state index contributed by atoms with van der Waals surface area (Å²) in [5, 5.41) is 0.841. The Kier molecular flexibility index (Phi) is 4.86. The van der Waals surface area contributed by atoms with Crippen LogP contribution in [-0.2, 0) is 6.54 Å². The molecule has 3 rings (SSSR count). The van der Waals surface area contributed by atoms with Crippen LogP contribution in [0.1, 0.15) is 29.8 Å². The number of thiol groups is 1. The van der Waals surface area contributed by atoms with Crippen molar-refractivity contribution >= 4 is 29.4 Å². The van der Waals surface area contributed by atoms with Crippen molar-refractivity contribution in [1.82, 2.24) is 9.88 Å². The zero-order valence-electron chi connectivity index (χ0n) is 13.8. The van der Waals surface area contributed by atoms with Crippen molar-refractivity contribution in [1.29, 1.82) is 0 Å². The summed E-state index contributed by atoms with van der Waals surface area (Å²) in [6.45, 7) is 4.66. The number of hydrogen-bond acceptors (Lipinski definition) is 3. The Labute approximate surface area is 147 Å². The Bertz CT molecular complexity index is 862. The van der Waals surface area contributed by atoms with E-state index in [-0.39, 0.29) is 11.9 Å². The maximum Gasteiger partial charge on any atom is 0.255 e. The number of amides is 1. The molecule has 0 bridgehead atoms. The highest BCUT2D eigenvalue weighted by Crippen LogP contribution is 2.25. The van der Waals surface area contributed by atoms with Gasteiger partial charge in [-0.05, 0) is 37.6 Å². The van der Waals surface area contributed by atoms with Gasteiger partial charge in [0.15, 0.2) is 0 Å². The lowest BCUT2D eigenvalue weighted by Crippen LogP contribution is -2.36. The molecule has 0 aliphatic rings. The number of carbonyl (C=O) groups excluding carboxylic acids is 1. The van der Waals surface area contributed by atoms with E-state index in [1.165, 1.54) is 0 Å². The molecule has 0 atom stereocenters. The van der Waals surface area contributed by atoms with Crippen LogP contribution in [0.25, 0.3) is 10.9 Å². The van der Waals surface area contributed by atoms with Gasteiger partial charge in [0.2, 0.25) is 0 Å². The highest BCUT2D eigenvalue weighted by Gasteiger charge is 2.21. The summed E-state index contributed by atoms with van der Waals surface area (Å²) in [6, 6.07) is 17.6. The van der Waals surface area contributed by atoms with Crippen molar-refractivity contribution < 1.29 is 4.79 Å². The summed E-state index contributed by atoms with van der Waals surface area (Å²) in [4.78, 5) is 20.2. The maximum atomic E-state index is 13.2. The highest BCUT2D eigenvalue weighted by molar-refractivity contribution is 7.80. The van der Waals surface area contributed by atoms with Gasteiger partial charge in [-0.25, -0.2) is 0 Å². The summed E-state index contributed by atoms with van der Waals surface area (Å²) in [7, 11) is 0. The molecule has 0 unspecified atom stereocenters. The zero-order chi connectivity index (χ0) is 17.1. The zero-order valence-corrected chi connectivity index (χ0v) is 14.7.